The molecule has 0 bridgehead atoms. The van der Waals surface area contributed by atoms with Crippen molar-refractivity contribution in [1.29, 1.82) is 0 Å². The summed E-state index contributed by atoms with van der Waals surface area (Å²) in [4.78, 5) is 2.39. The first-order chi connectivity index (χ1) is 31.2. The van der Waals surface area contributed by atoms with E-state index in [1.165, 1.54) is 93.3 Å². The van der Waals surface area contributed by atoms with Gasteiger partial charge in [-0.25, -0.2) is 0 Å². The average molecular weight is 802 g/mol. The highest BCUT2D eigenvalue weighted by Crippen LogP contribution is 2.43. The number of para-hydroxylation sites is 4. The van der Waals surface area contributed by atoms with Crippen LogP contribution in [0.1, 0.15) is 0 Å². The number of hydrogen-bond acceptors (Lipinski definition) is 1. The van der Waals surface area contributed by atoms with E-state index < -0.39 is 0 Å². The molecule has 0 saturated heterocycles. The summed E-state index contributed by atoms with van der Waals surface area (Å²) in [6.45, 7) is 0. The molecule has 0 saturated carbocycles. The van der Waals surface area contributed by atoms with Gasteiger partial charge in [0.2, 0.25) is 0 Å². The fourth-order valence-corrected chi connectivity index (χ4v) is 10.1. The van der Waals surface area contributed by atoms with E-state index in [0.29, 0.717) is 0 Å². The third-order valence-electron chi connectivity index (χ3n) is 13.1. The number of hydrogen-bond donors (Lipinski definition) is 0. The lowest BCUT2D eigenvalue weighted by Crippen LogP contribution is -2.09. The molecule has 13 aromatic rings. The first-order valence-corrected chi connectivity index (χ1v) is 21.7. The Balaban J connectivity index is 0.891. The lowest BCUT2D eigenvalue weighted by molar-refractivity contribution is 1.18. The molecule has 0 radical (unpaired) electrons. The van der Waals surface area contributed by atoms with Crippen LogP contribution in [0.3, 0.4) is 0 Å². The maximum atomic E-state index is 2.45. The zero-order valence-corrected chi connectivity index (χ0v) is 34.4. The van der Waals surface area contributed by atoms with Gasteiger partial charge < -0.3 is 13.9 Å². The predicted octanol–water partition coefficient (Wildman–Crippen LogP) is 16.4. The molecule has 3 aromatic heterocycles. The first kappa shape index (κ1) is 35.4. The number of fused-ring (bicyclic) bond motifs is 9. The highest BCUT2D eigenvalue weighted by atomic mass is 15.1. The summed E-state index contributed by atoms with van der Waals surface area (Å²) in [6.07, 6.45) is 0. The molecule has 3 heteroatoms. The number of nitrogens with zero attached hydrogens (tertiary/aromatic N) is 3. The second-order valence-corrected chi connectivity index (χ2v) is 16.5. The first-order valence-electron chi connectivity index (χ1n) is 21.7. The van der Waals surface area contributed by atoms with Crippen LogP contribution in [0.2, 0.25) is 0 Å². The van der Waals surface area contributed by atoms with Crippen LogP contribution < -0.4 is 4.90 Å². The van der Waals surface area contributed by atoms with Crippen molar-refractivity contribution in [2.45, 2.75) is 0 Å². The number of anilines is 3. The Kier molecular flexibility index (Phi) is 7.91. The maximum absolute atomic E-state index is 2.45. The largest absolute Gasteiger partial charge is 0.310 e. The van der Waals surface area contributed by atoms with Gasteiger partial charge in [0.25, 0.3) is 0 Å². The summed E-state index contributed by atoms with van der Waals surface area (Å²) in [5.74, 6) is 0. The van der Waals surface area contributed by atoms with Crippen LogP contribution >= 0.6 is 0 Å². The predicted molar refractivity (Wildman–Crippen MR) is 266 cm³/mol. The van der Waals surface area contributed by atoms with Gasteiger partial charge in [-0.3, -0.25) is 0 Å². The van der Waals surface area contributed by atoms with Gasteiger partial charge >= 0.3 is 0 Å². The molecule has 10 aromatic carbocycles. The highest BCUT2D eigenvalue weighted by Gasteiger charge is 2.20. The van der Waals surface area contributed by atoms with Gasteiger partial charge in [0.05, 0.1) is 27.6 Å². The summed E-state index contributed by atoms with van der Waals surface area (Å²) >= 11 is 0. The molecule has 0 aliphatic rings. The van der Waals surface area contributed by atoms with Gasteiger partial charge in [-0.1, -0.05) is 164 Å². The molecule has 3 nitrogen and oxygen atoms in total. The SMILES string of the molecule is c1ccc(-c2ccc(-c3ccc(N(c4ccc(-c5ccc(-n6c7ccccc7c7ccccc76)cc5)cc4)c4ccc5c(c4)c4cccc6c7ccccc7n5c64)cc3)cc2)cc1. The Morgan fingerprint density at radius 1 is 0.254 bits per heavy atom. The Morgan fingerprint density at radius 2 is 0.635 bits per heavy atom. The van der Waals surface area contributed by atoms with E-state index in [0.717, 1.165) is 22.7 Å². The highest BCUT2D eigenvalue weighted by molar-refractivity contribution is 6.23. The molecule has 3 heterocycles. The van der Waals surface area contributed by atoms with Gasteiger partial charge in [0, 0.05) is 55.1 Å². The number of aromatic nitrogens is 2. The standard InChI is InChI=1S/C60H39N3/c1-2-11-40(12-3-1)41-21-23-42(24-22-41)43-25-31-46(32-26-43)61(49-37-38-59-55(39-49)54-17-10-16-53-52-15-6-9-20-58(52)63(59)60(53)54)47-33-27-44(28-34-47)45-29-35-48(36-30-45)62-56-18-7-4-13-50(56)51-14-5-8-19-57(51)62/h1-39H. The minimum atomic E-state index is 1.10. The molecular weight excluding hydrogens is 763 g/mol. The van der Waals surface area contributed by atoms with E-state index in [1.807, 2.05) is 0 Å². The fraction of sp³-hybridized carbons (Fsp3) is 0. The summed E-state index contributed by atoms with van der Waals surface area (Å²) in [7, 11) is 0. The van der Waals surface area contributed by atoms with Crippen molar-refractivity contribution < 1.29 is 0 Å². The smallest absolute Gasteiger partial charge is 0.0620 e. The van der Waals surface area contributed by atoms with Gasteiger partial charge in [0.1, 0.15) is 0 Å². The number of rotatable bonds is 7. The summed E-state index contributed by atoms with van der Waals surface area (Å²) in [5, 5.41) is 7.65. The fourth-order valence-electron chi connectivity index (χ4n) is 10.1. The Hall–Kier alpha value is -8.40. The van der Waals surface area contributed by atoms with Crippen LogP contribution in [-0.4, -0.2) is 8.97 Å². The van der Waals surface area contributed by atoms with Crippen molar-refractivity contribution >= 4 is 77.0 Å². The van der Waals surface area contributed by atoms with Crippen LogP contribution in [-0.2, 0) is 0 Å². The quantitative estimate of drug-likeness (QED) is 0.156. The normalized spacial score (nSPS) is 11.8. The van der Waals surface area contributed by atoms with E-state index in [2.05, 4.69) is 250 Å². The van der Waals surface area contributed by atoms with Gasteiger partial charge in [-0.2, -0.15) is 0 Å². The summed E-state index contributed by atoms with van der Waals surface area (Å²) < 4.78 is 4.82. The van der Waals surface area contributed by atoms with Gasteiger partial charge in [-0.15, -0.1) is 0 Å². The molecule has 0 atom stereocenters. The molecule has 0 amide bonds. The van der Waals surface area contributed by atoms with E-state index in [4.69, 9.17) is 0 Å². The third-order valence-corrected chi connectivity index (χ3v) is 13.1. The van der Waals surface area contributed by atoms with Gasteiger partial charge in [0.15, 0.2) is 0 Å². The van der Waals surface area contributed by atoms with Crippen molar-refractivity contribution in [3.63, 3.8) is 0 Å². The van der Waals surface area contributed by atoms with Crippen molar-refractivity contribution in [2.75, 3.05) is 4.90 Å². The minimum Gasteiger partial charge on any atom is -0.310 e. The molecular formula is C60H39N3. The summed E-state index contributed by atoms with van der Waals surface area (Å²) in [5.41, 5.74) is 17.8. The van der Waals surface area contributed by atoms with Crippen molar-refractivity contribution in [3.8, 4) is 39.1 Å². The molecule has 0 spiro atoms. The van der Waals surface area contributed by atoms with Crippen LogP contribution in [0.15, 0.2) is 237 Å². The minimum absolute atomic E-state index is 1.10. The Morgan fingerprint density at radius 3 is 1.19 bits per heavy atom. The van der Waals surface area contributed by atoms with Crippen molar-refractivity contribution in [1.82, 2.24) is 8.97 Å². The molecule has 0 fully saturated rings. The second kappa shape index (κ2) is 14.1. The van der Waals surface area contributed by atoms with Crippen LogP contribution in [0.25, 0.3) is 99.0 Å². The Bertz CT molecular complexity index is 3750. The van der Waals surface area contributed by atoms with Crippen LogP contribution in [0.4, 0.5) is 17.1 Å². The third kappa shape index (κ3) is 5.60. The van der Waals surface area contributed by atoms with Gasteiger partial charge in [-0.05, 0) is 106 Å². The second-order valence-electron chi connectivity index (χ2n) is 16.5. The van der Waals surface area contributed by atoms with Crippen molar-refractivity contribution in [3.05, 3.63) is 237 Å². The molecule has 0 aliphatic carbocycles. The molecule has 0 aliphatic heterocycles. The van der Waals surface area contributed by atoms with E-state index in [-0.39, 0.29) is 0 Å². The molecule has 13 rings (SSSR count). The van der Waals surface area contributed by atoms with E-state index >= 15 is 0 Å². The number of benzene rings is 10. The molecule has 63 heavy (non-hydrogen) atoms. The van der Waals surface area contributed by atoms with Crippen LogP contribution in [0.5, 0.6) is 0 Å². The van der Waals surface area contributed by atoms with E-state index in [1.54, 1.807) is 0 Å². The average Bonchev–Trinajstić information content (AvgIpc) is 4.00. The van der Waals surface area contributed by atoms with Crippen LogP contribution in [0, 0.1) is 0 Å². The zero-order valence-electron chi connectivity index (χ0n) is 34.4. The molecule has 0 N–H and O–H groups in total. The zero-order chi connectivity index (χ0) is 41.4. The summed E-state index contributed by atoms with van der Waals surface area (Å²) in [6, 6.07) is 86.3. The monoisotopic (exact) mass is 801 g/mol. The molecule has 0 unspecified atom stereocenters. The maximum Gasteiger partial charge on any atom is 0.0620 e. The Labute approximate surface area is 364 Å². The van der Waals surface area contributed by atoms with E-state index in [9.17, 15) is 0 Å². The molecule has 294 valence electrons. The topological polar surface area (TPSA) is 12.6 Å². The van der Waals surface area contributed by atoms with Crippen molar-refractivity contribution in [2.24, 2.45) is 0 Å². The lowest BCUT2D eigenvalue weighted by atomic mass is 10.00. The lowest BCUT2D eigenvalue weighted by Gasteiger charge is -2.26.